The van der Waals surface area contributed by atoms with Gasteiger partial charge < -0.3 is 19.0 Å². The van der Waals surface area contributed by atoms with Crippen molar-refractivity contribution >= 4 is 40.0 Å². The Labute approximate surface area is 161 Å². The number of carbonyl (C=O) groups excluding carboxylic acids is 1. The van der Waals surface area contributed by atoms with Crippen LogP contribution in [0.2, 0.25) is 0 Å². The number of aromatic nitrogens is 3. The van der Waals surface area contributed by atoms with Gasteiger partial charge in [0.25, 0.3) is 5.91 Å². The Morgan fingerprint density at radius 1 is 1.18 bits per heavy atom. The number of benzene rings is 2. The molecule has 0 saturated carbocycles. The van der Waals surface area contributed by atoms with Crippen LogP contribution in [0, 0.1) is 6.92 Å². The number of rotatable bonds is 6. The number of aryl methyl sites for hydroxylation is 2. The van der Waals surface area contributed by atoms with E-state index in [9.17, 15) is 4.79 Å². The molecule has 2 aromatic carbocycles. The van der Waals surface area contributed by atoms with Crippen LogP contribution in [0.15, 0.2) is 40.8 Å². The number of amides is 1. The molecule has 0 fully saturated rings. The number of fused-ring (bicyclic) bond motifs is 2. The van der Waals surface area contributed by atoms with E-state index in [1.54, 1.807) is 19.2 Å². The van der Waals surface area contributed by atoms with Gasteiger partial charge in [0, 0.05) is 26.3 Å². The summed E-state index contributed by atoms with van der Waals surface area (Å²) >= 11 is 0. The smallest absolute Gasteiger partial charge is 0.302 e. The number of hydrogen-bond acceptors (Lipinski definition) is 6. The van der Waals surface area contributed by atoms with Crippen molar-refractivity contribution in [2.24, 2.45) is 7.05 Å². The van der Waals surface area contributed by atoms with Crippen LogP contribution in [0.1, 0.15) is 15.9 Å². The van der Waals surface area contributed by atoms with E-state index >= 15 is 0 Å². The zero-order valence-electron chi connectivity index (χ0n) is 15.9. The molecule has 2 aromatic heterocycles. The number of nitrogens with one attached hydrogen (secondary N) is 2. The van der Waals surface area contributed by atoms with Crippen molar-refractivity contribution in [2.45, 2.75) is 6.92 Å². The van der Waals surface area contributed by atoms with E-state index in [0.717, 1.165) is 16.6 Å². The van der Waals surface area contributed by atoms with E-state index in [-0.39, 0.29) is 5.91 Å². The molecule has 0 aliphatic heterocycles. The lowest BCUT2D eigenvalue weighted by molar-refractivity contribution is 0.0937. The standard InChI is InChI=1S/C20H21N5O3/c1-12-4-7-17-15(10-12)23-20(28-17)24-19-22-14-11-13(5-6-16(14)25(19)2)18(26)21-8-9-27-3/h4-7,10-11H,8-9H2,1-3H3,(H,21,26)(H,22,23,24). The Morgan fingerprint density at radius 2 is 2.04 bits per heavy atom. The third-order valence-corrected chi connectivity index (χ3v) is 4.50. The number of nitrogens with zero attached hydrogens (tertiary/aromatic N) is 3. The molecule has 1 amide bonds. The first-order valence-electron chi connectivity index (χ1n) is 8.93. The van der Waals surface area contributed by atoms with Crippen molar-refractivity contribution in [2.75, 3.05) is 25.6 Å². The second-order valence-electron chi connectivity index (χ2n) is 6.56. The average molecular weight is 379 g/mol. The fourth-order valence-electron chi connectivity index (χ4n) is 3.01. The highest BCUT2D eigenvalue weighted by molar-refractivity contribution is 5.97. The van der Waals surface area contributed by atoms with Gasteiger partial charge in [0.05, 0.1) is 17.6 Å². The number of anilines is 2. The molecule has 0 aliphatic carbocycles. The van der Waals surface area contributed by atoms with Crippen LogP contribution in [0.3, 0.4) is 0 Å². The predicted octanol–water partition coefficient (Wildman–Crippen LogP) is 3.14. The normalized spacial score (nSPS) is 11.2. The molecule has 4 rings (SSSR count). The van der Waals surface area contributed by atoms with Gasteiger partial charge in [-0.2, -0.15) is 4.98 Å². The summed E-state index contributed by atoms with van der Waals surface area (Å²) < 4.78 is 12.6. The van der Waals surface area contributed by atoms with Gasteiger partial charge in [0.2, 0.25) is 5.95 Å². The maximum absolute atomic E-state index is 12.2. The fraction of sp³-hybridized carbons (Fsp3) is 0.250. The van der Waals surface area contributed by atoms with Crippen molar-refractivity contribution in [3.8, 4) is 0 Å². The number of imidazole rings is 1. The summed E-state index contributed by atoms with van der Waals surface area (Å²) in [6.45, 7) is 2.94. The van der Waals surface area contributed by atoms with Crippen molar-refractivity contribution in [3.05, 3.63) is 47.5 Å². The minimum atomic E-state index is -0.159. The van der Waals surface area contributed by atoms with Crippen LogP contribution in [-0.4, -0.2) is 40.7 Å². The van der Waals surface area contributed by atoms with E-state index in [0.29, 0.717) is 41.8 Å². The van der Waals surface area contributed by atoms with E-state index in [2.05, 4.69) is 20.6 Å². The third kappa shape index (κ3) is 3.41. The van der Waals surface area contributed by atoms with Crippen molar-refractivity contribution < 1.29 is 13.9 Å². The van der Waals surface area contributed by atoms with Crippen molar-refractivity contribution in [1.29, 1.82) is 0 Å². The molecule has 2 N–H and O–H groups in total. The van der Waals surface area contributed by atoms with E-state index < -0.39 is 0 Å². The molecule has 28 heavy (non-hydrogen) atoms. The second-order valence-corrected chi connectivity index (χ2v) is 6.56. The molecule has 0 saturated heterocycles. The zero-order valence-corrected chi connectivity index (χ0v) is 15.9. The van der Waals surface area contributed by atoms with Gasteiger partial charge in [-0.3, -0.25) is 10.1 Å². The van der Waals surface area contributed by atoms with Gasteiger partial charge in [-0.1, -0.05) is 6.07 Å². The number of oxazole rings is 1. The van der Waals surface area contributed by atoms with Crippen LogP contribution in [-0.2, 0) is 11.8 Å². The Bertz CT molecular complexity index is 1160. The summed E-state index contributed by atoms with van der Waals surface area (Å²) in [6.07, 6.45) is 0. The van der Waals surface area contributed by atoms with Crippen LogP contribution in [0.5, 0.6) is 0 Å². The van der Waals surface area contributed by atoms with Gasteiger partial charge in [-0.05, 0) is 42.8 Å². The van der Waals surface area contributed by atoms with E-state index in [1.165, 1.54) is 0 Å². The second kappa shape index (κ2) is 7.32. The van der Waals surface area contributed by atoms with Crippen LogP contribution < -0.4 is 10.6 Å². The maximum atomic E-state index is 12.2. The first kappa shape index (κ1) is 18.0. The van der Waals surface area contributed by atoms with Crippen LogP contribution in [0.25, 0.3) is 22.1 Å². The number of ether oxygens (including phenoxy) is 1. The molecule has 144 valence electrons. The van der Waals surface area contributed by atoms with Gasteiger partial charge in [-0.25, -0.2) is 4.98 Å². The lowest BCUT2D eigenvalue weighted by Crippen LogP contribution is -2.26. The molecular weight excluding hydrogens is 358 g/mol. The first-order valence-corrected chi connectivity index (χ1v) is 8.93. The summed E-state index contributed by atoms with van der Waals surface area (Å²) in [5.41, 5.74) is 4.76. The lowest BCUT2D eigenvalue weighted by Gasteiger charge is -2.04. The van der Waals surface area contributed by atoms with Crippen molar-refractivity contribution in [1.82, 2.24) is 19.9 Å². The molecular formula is C20H21N5O3. The SMILES string of the molecule is COCCNC(=O)c1ccc2c(c1)nc(Nc1nc3cc(C)ccc3o1)n2C. The Morgan fingerprint density at radius 3 is 2.86 bits per heavy atom. The molecule has 8 heteroatoms. The average Bonchev–Trinajstić information content (AvgIpc) is 3.21. The van der Waals surface area contributed by atoms with Gasteiger partial charge in [0.15, 0.2) is 5.58 Å². The van der Waals surface area contributed by atoms with Crippen LogP contribution in [0.4, 0.5) is 12.0 Å². The monoisotopic (exact) mass is 379 g/mol. The third-order valence-electron chi connectivity index (χ3n) is 4.50. The minimum Gasteiger partial charge on any atom is -0.423 e. The van der Waals surface area contributed by atoms with Gasteiger partial charge >= 0.3 is 6.01 Å². The van der Waals surface area contributed by atoms with Gasteiger partial charge in [0.1, 0.15) is 5.52 Å². The highest BCUT2D eigenvalue weighted by Crippen LogP contribution is 2.25. The van der Waals surface area contributed by atoms with Gasteiger partial charge in [-0.15, -0.1) is 0 Å². The predicted molar refractivity (Wildman–Crippen MR) is 107 cm³/mol. The Balaban J connectivity index is 1.60. The number of methoxy groups -OCH3 is 1. The first-order chi connectivity index (χ1) is 13.5. The quantitative estimate of drug-likeness (QED) is 0.500. The minimum absolute atomic E-state index is 0.159. The van der Waals surface area contributed by atoms with E-state index in [1.807, 2.05) is 42.8 Å². The topological polar surface area (TPSA) is 94.2 Å². The summed E-state index contributed by atoms with van der Waals surface area (Å²) in [5.74, 6) is 0.420. The summed E-state index contributed by atoms with van der Waals surface area (Å²) in [6, 6.07) is 11.6. The molecule has 0 bridgehead atoms. The van der Waals surface area contributed by atoms with Crippen LogP contribution >= 0.6 is 0 Å². The lowest BCUT2D eigenvalue weighted by atomic mass is 10.2. The summed E-state index contributed by atoms with van der Waals surface area (Å²) in [5, 5.41) is 5.92. The molecule has 4 aromatic rings. The van der Waals surface area contributed by atoms with E-state index in [4.69, 9.17) is 9.15 Å². The Hall–Kier alpha value is -3.39. The molecule has 0 spiro atoms. The highest BCUT2D eigenvalue weighted by atomic mass is 16.5. The summed E-state index contributed by atoms with van der Waals surface area (Å²) in [4.78, 5) is 21.3. The molecule has 8 nitrogen and oxygen atoms in total. The molecule has 0 aliphatic rings. The largest absolute Gasteiger partial charge is 0.423 e. The Kier molecular flexibility index (Phi) is 4.70. The molecule has 2 heterocycles. The van der Waals surface area contributed by atoms with Crippen molar-refractivity contribution in [3.63, 3.8) is 0 Å². The molecule has 0 radical (unpaired) electrons. The molecule has 0 atom stereocenters. The zero-order chi connectivity index (χ0) is 19.7. The number of hydrogen-bond donors (Lipinski definition) is 2. The number of carbonyl (C=O) groups is 1. The highest BCUT2D eigenvalue weighted by Gasteiger charge is 2.14. The maximum Gasteiger partial charge on any atom is 0.302 e. The molecule has 0 unspecified atom stereocenters. The fourth-order valence-corrected chi connectivity index (χ4v) is 3.01. The summed E-state index contributed by atoms with van der Waals surface area (Å²) in [7, 11) is 3.49.